The van der Waals surface area contributed by atoms with Crippen molar-refractivity contribution in [3.63, 3.8) is 0 Å². The number of rotatable bonds is 9. The molecule has 9 heteroatoms. The van der Waals surface area contributed by atoms with Gasteiger partial charge in [-0.2, -0.15) is 0 Å². The Balaban J connectivity index is 1.91. The first-order valence-corrected chi connectivity index (χ1v) is 13.2. The van der Waals surface area contributed by atoms with Crippen LogP contribution in [0, 0.1) is 0 Å². The number of benzene rings is 2. The molecule has 0 bridgehead atoms. The molecule has 1 atom stereocenters. The van der Waals surface area contributed by atoms with Crippen LogP contribution in [0.5, 0.6) is 5.75 Å². The number of halogens is 1. The Morgan fingerprint density at radius 2 is 1.88 bits per heavy atom. The topological polar surface area (TPSA) is 84.9 Å². The van der Waals surface area contributed by atoms with Crippen LogP contribution in [0.1, 0.15) is 31.7 Å². The van der Waals surface area contributed by atoms with Gasteiger partial charge in [-0.05, 0) is 43.0 Å². The number of carbonyl (C=O) groups is 1. The highest BCUT2D eigenvalue weighted by atomic mass is 35.5. The van der Waals surface area contributed by atoms with Crippen LogP contribution in [-0.2, 0) is 25.0 Å². The predicted molar refractivity (Wildman–Crippen MR) is 131 cm³/mol. The van der Waals surface area contributed by atoms with Gasteiger partial charge < -0.3 is 14.8 Å². The first kappa shape index (κ1) is 25.3. The van der Waals surface area contributed by atoms with Crippen LogP contribution < -0.4 is 14.4 Å². The summed E-state index contributed by atoms with van der Waals surface area (Å²) in [6.45, 7) is 3.38. The molecule has 0 aliphatic carbocycles. The number of hydrogen-bond donors (Lipinski definition) is 1. The summed E-state index contributed by atoms with van der Waals surface area (Å²) < 4.78 is 37.7. The molecule has 0 spiro atoms. The normalized spacial score (nSPS) is 16.6. The van der Waals surface area contributed by atoms with Crippen molar-refractivity contribution < 1.29 is 22.7 Å². The molecule has 180 valence electrons. The van der Waals surface area contributed by atoms with Crippen molar-refractivity contribution in [2.45, 2.75) is 37.6 Å². The van der Waals surface area contributed by atoms with E-state index in [4.69, 9.17) is 21.1 Å². The molecule has 1 fully saturated rings. The van der Waals surface area contributed by atoms with Gasteiger partial charge in [0, 0.05) is 30.2 Å². The Kier molecular flexibility index (Phi) is 8.26. The number of nitrogens with zero attached hydrogens (tertiary/aromatic N) is 1. The van der Waals surface area contributed by atoms with E-state index in [0.717, 1.165) is 29.0 Å². The van der Waals surface area contributed by atoms with Crippen molar-refractivity contribution >= 4 is 33.2 Å². The quantitative estimate of drug-likeness (QED) is 0.573. The predicted octanol–water partition coefficient (Wildman–Crippen LogP) is 3.76. The fraction of sp³-hybridized carbons (Fsp3) is 0.458. The summed E-state index contributed by atoms with van der Waals surface area (Å²) in [5.41, 5.74) is 1.10. The molecule has 7 nitrogen and oxygen atoms in total. The Bertz CT molecular complexity index is 1060. The lowest BCUT2D eigenvalue weighted by molar-refractivity contribution is -0.122. The zero-order chi connectivity index (χ0) is 24.1. The highest BCUT2D eigenvalue weighted by Gasteiger charge is 2.38. The molecule has 33 heavy (non-hydrogen) atoms. The van der Waals surface area contributed by atoms with E-state index in [1.54, 1.807) is 19.1 Å². The molecule has 1 N–H and O–H groups in total. The van der Waals surface area contributed by atoms with Crippen LogP contribution in [0.15, 0.2) is 48.5 Å². The zero-order valence-corrected chi connectivity index (χ0v) is 20.8. The molecule has 2 aromatic carbocycles. The first-order valence-electron chi connectivity index (χ1n) is 11.0. The largest absolute Gasteiger partial charge is 0.495 e. The Hall–Kier alpha value is -2.29. The van der Waals surface area contributed by atoms with Crippen molar-refractivity contribution in [3.05, 3.63) is 59.1 Å². The molecule has 2 aromatic rings. The summed E-state index contributed by atoms with van der Waals surface area (Å²) in [5, 5.41) is 3.39. The highest BCUT2D eigenvalue weighted by Crippen LogP contribution is 2.36. The van der Waals surface area contributed by atoms with Gasteiger partial charge in [-0.3, -0.25) is 9.10 Å². The fourth-order valence-electron chi connectivity index (χ4n) is 4.37. The minimum Gasteiger partial charge on any atom is -0.495 e. The third-order valence-electron chi connectivity index (χ3n) is 6.15. The van der Waals surface area contributed by atoms with Gasteiger partial charge in [0.15, 0.2) is 0 Å². The Labute approximate surface area is 201 Å². The number of carbonyl (C=O) groups excluding carboxylic acids is 1. The molecule has 1 unspecified atom stereocenters. The van der Waals surface area contributed by atoms with Crippen LogP contribution in [0.3, 0.4) is 0 Å². The van der Waals surface area contributed by atoms with Crippen LogP contribution in [0.2, 0.25) is 5.02 Å². The number of ether oxygens (including phenoxy) is 2. The monoisotopic (exact) mass is 494 g/mol. The van der Waals surface area contributed by atoms with Crippen LogP contribution >= 0.6 is 11.6 Å². The van der Waals surface area contributed by atoms with Crippen molar-refractivity contribution in [2.75, 3.05) is 37.4 Å². The van der Waals surface area contributed by atoms with Crippen LogP contribution in [0.25, 0.3) is 0 Å². The molecule has 0 saturated carbocycles. The average molecular weight is 495 g/mol. The SMILES string of the molecule is CCC(C(=O)NCC1(c2ccccc2)CCOCC1)N(c1cc(Cl)ccc1OC)S(C)(=O)=O. The minimum absolute atomic E-state index is 0.235. The summed E-state index contributed by atoms with van der Waals surface area (Å²) in [5.74, 6) is -0.0481. The second-order valence-corrected chi connectivity index (χ2v) is 10.6. The van der Waals surface area contributed by atoms with Crippen molar-refractivity contribution in [1.82, 2.24) is 5.32 Å². The minimum atomic E-state index is -3.82. The number of amides is 1. The van der Waals surface area contributed by atoms with Gasteiger partial charge in [0.1, 0.15) is 11.8 Å². The van der Waals surface area contributed by atoms with Gasteiger partial charge in [-0.25, -0.2) is 8.42 Å². The smallest absolute Gasteiger partial charge is 0.243 e. The second kappa shape index (κ2) is 10.8. The lowest BCUT2D eigenvalue weighted by Crippen LogP contribution is -2.52. The molecule has 0 aromatic heterocycles. The maximum Gasteiger partial charge on any atom is 0.243 e. The van der Waals surface area contributed by atoms with E-state index in [1.807, 2.05) is 18.2 Å². The highest BCUT2D eigenvalue weighted by molar-refractivity contribution is 7.92. The molecule has 3 rings (SSSR count). The summed E-state index contributed by atoms with van der Waals surface area (Å²) in [6.07, 6.45) is 2.89. The van der Waals surface area contributed by atoms with Crippen LogP contribution in [-0.4, -0.2) is 53.5 Å². The van der Waals surface area contributed by atoms with E-state index in [9.17, 15) is 13.2 Å². The third-order valence-corrected chi connectivity index (χ3v) is 7.55. The molecular formula is C24H31ClN2O5S. The number of hydrogen-bond acceptors (Lipinski definition) is 5. The lowest BCUT2D eigenvalue weighted by atomic mass is 9.74. The fourth-order valence-corrected chi connectivity index (χ4v) is 5.74. The number of anilines is 1. The van der Waals surface area contributed by atoms with Gasteiger partial charge in [0.05, 0.1) is 19.1 Å². The van der Waals surface area contributed by atoms with Gasteiger partial charge in [0.2, 0.25) is 15.9 Å². The third kappa shape index (κ3) is 5.80. The van der Waals surface area contributed by atoms with E-state index in [1.165, 1.54) is 13.2 Å². The zero-order valence-electron chi connectivity index (χ0n) is 19.2. The van der Waals surface area contributed by atoms with Crippen molar-refractivity contribution in [2.24, 2.45) is 0 Å². The van der Waals surface area contributed by atoms with E-state index in [0.29, 0.717) is 30.5 Å². The summed E-state index contributed by atoms with van der Waals surface area (Å²) in [4.78, 5) is 13.4. The van der Waals surface area contributed by atoms with Crippen LogP contribution in [0.4, 0.5) is 5.69 Å². The summed E-state index contributed by atoms with van der Waals surface area (Å²) in [7, 11) is -2.37. The molecule has 1 saturated heterocycles. The molecule has 1 heterocycles. The van der Waals surface area contributed by atoms with Gasteiger partial charge in [-0.1, -0.05) is 48.9 Å². The van der Waals surface area contributed by atoms with E-state index in [2.05, 4.69) is 17.4 Å². The molecule has 1 aliphatic rings. The molecule has 1 aliphatic heterocycles. The first-order chi connectivity index (χ1) is 15.7. The Morgan fingerprint density at radius 1 is 1.21 bits per heavy atom. The summed E-state index contributed by atoms with van der Waals surface area (Å²) in [6, 6.07) is 13.8. The molecular weight excluding hydrogens is 464 g/mol. The van der Waals surface area contributed by atoms with E-state index >= 15 is 0 Å². The van der Waals surface area contributed by atoms with E-state index in [-0.39, 0.29) is 23.4 Å². The number of methoxy groups -OCH3 is 1. The lowest BCUT2D eigenvalue weighted by Gasteiger charge is -2.39. The standard InChI is InChI=1S/C24H31ClN2O5S/c1-4-20(27(33(3,29)30)21-16-19(25)10-11-22(21)31-2)23(28)26-17-24(12-14-32-15-13-24)18-8-6-5-7-9-18/h5-11,16,20H,4,12-15,17H2,1-3H3,(H,26,28). The maximum absolute atomic E-state index is 13.4. The Morgan fingerprint density at radius 3 is 2.45 bits per heavy atom. The number of sulfonamides is 1. The van der Waals surface area contributed by atoms with Gasteiger partial charge in [-0.15, -0.1) is 0 Å². The summed E-state index contributed by atoms with van der Waals surface area (Å²) >= 11 is 6.15. The van der Waals surface area contributed by atoms with E-state index < -0.39 is 16.1 Å². The van der Waals surface area contributed by atoms with Gasteiger partial charge >= 0.3 is 0 Å². The van der Waals surface area contributed by atoms with Crippen molar-refractivity contribution in [1.29, 1.82) is 0 Å². The van der Waals surface area contributed by atoms with Gasteiger partial charge in [0.25, 0.3) is 0 Å². The average Bonchev–Trinajstić information content (AvgIpc) is 2.81. The number of nitrogens with one attached hydrogen (secondary N) is 1. The maximum atomic E-state index is 13.4. The second-order valence-electron chi connectivity index (χ2n) is 8.28. The molecule has 0 radical (unpaired) electrons. The molecule has 1 amide bonds. The van der Waals surface area contributed by atoms with Crippen molar-refractivity contribution in [3.8, 4) is 5.75 Å².